The van der Waals surface area contributed by atoms with Crippen LogP contribution in [0.1, 0.15) is 16.1 Å². The van der Waals surface area contributed by atoms with Gasteiger partial charge in [-0.25, -0.2) is 9.18 Å². The smallest absolute Gasteiger partial charge is 0.340 e. The largest absolute Gasteiger partial charge is 0.478 e. The van der Waals surface area contributed by atoms with E-state index in [4.69, 9.17) is 10.8 Å². The molecule has 2 aromatic rings. The lowest BCUT2D eigenvalue weighted by Gasteiger charge is -2.12. The average molecular weight is 278 g/mol. The fraction of sp³-hybridized carbons (Fsp3) is 0.231. The van der Waals surface area contributed by atoms with Crippen LogP contribution < -0.4 is 11.1 Å². The maximum Gasteiger partial charge on any atom is 0.340 e. The molecule has 6 nitrogen and oxygen atoms in total. The van der Waals surface area contributed by atoms with Crippen LogP contribution in [0.5, 0.6) is 0 Å². The number of carboxylic acids is 1. The van der Waals surface area contributed by atoms with Gasteiger partial charge in [0.05, 0.1) is 11.4 Å². The van der Waals surface area contributed by atoms with E-state index in [9.17, 15) is 9.18 Å². The van der Waals surface area contributed by atoms with Crippen LogP contribution in [0.15, 0.2) is 24.4 Å². The molecule has 0 spiro atoms. The Kier molecular flexibility index (Phi) is 3.88. The topological polar surface area (TPSA) is 93.2 Å². The number of nitrogen functional groups attached to an aromatic ring is 1. The zero-order chi connectivity index (χ0) is 14.7. The molecule has 0 atom stereocenters. The third kappa shape index (κ3) is 2.71. The second-order valence-electron chi connectivity index (χ2n) is 4.31. The van der Waals surface area contributed by atoms with Gasteiger partial charge in [0.25, 0.3) is 0 Å². The molecular formula is C13H15FN4O2. The van der Waals surface area contributed by atoms with Crippen molar-refractivity contribution in [2.45, 2.75) is 6.42 Å². The number of halogens is 1. The molecule has 0 fully saturated rings. The van der Waals surface area contributed by atoms with Crippen LogP contribution in [0.3, 0.4) is 0 Å². The van der Waals surface area contributed by atoms with Gasteiger partial charge in [0.1, 0.15) is 11.4 Å². The van der Waals surface area contributed by atoms with Gasteiger partial charge in [-0.15, -0.1) is 0 Å². The van der Waals surface area contributed by atoms with E-state index in [1.807, 2.05) is 13.1 Å². The quantitative estimate of drug-likeness (QED) is 0.721. The summed E-state index contributed by atoms with van der Waals surface area (Å²) in [5.41, 5.74) is 6.17. The van der Waals surface area contributed by atoms with Gasteiger partial charge >= 0.3 is 5.97 Å². The van der Waals surface area contributed by atoms with Gasteiger partial charge in [-0.1, -0.05) is 0 Å². The minimum Gasteiger partial charge on any atom is -0.478 e. The Bertz CT molecular complexity index is 639. The highest BCUT2D eigenvalue weighted by Gasteiger charge is 2.17. The lowest BCUT2D eigenvalue weighted by atomic mass is 10.1. The summed E-state index contributed by atoms with van der Waals surface area (Å²) in [5.74, 6) is -2.00. The summed E-state index contributed by atoms with van der Waals surface area (Å²) in [5, 5.41) is 16.1. The third-order valence-electron chi connectivity index (χ3n) is 3.03. The Balaban J connectivity index is 2.12. The van der Waals surface area contributed by atoms with Crippen LogP contribution >= 0.6 is 0 Å². The molecular weight excluding hydrogens is 263 g/mol. The predicted octanol–water partition coefficient (Wildman–Crippen LogP) is 1.49. The second-order valence-corrected chi connectivity index (χ2v) is 4.31. The van der Waals surface area contributed by atoms with Gasteiger partial charge in [-0.05, 0) is 18.2 Å². The Morgan fingerprint density at radius 3 is 2.85 bits per heavy atom. The summed E-state index contributed by atoms with van der Waals surface area (Å²) in [4.78, 5) is 11.1. The van der Waals surface area contributed by atoms with Crippen LogP contribution in [0.25, 0.3) is 0 Å². The zero-order valence-corrected chi connectivity index (χ0v) is 10.9. The zero-order valence-electron chi connectivity index (χ0n) is 10.9. The van der Waals surface area contributed by atoms with E-state index < -0.39 is 11.8 Å². The fourth-order valence-electron chi connectivity index (χ4n) is 1.94. The molecule has 0 radical (unpaired) electrons. The van der Waals surface area contributed by atoms with Crippen molar-refractivity contribution in [3.63, 3.8) is 0 Å². The number of benzene rings is 1. The molecule has 0 saturated carbocycles. The van der Waals surface area contributed by atoms with Crippen molar-refractivity contribution in [3.05, 3.63) is 41.5 Å². The van der Waals surface area contributed by atoms with Crippen LogP contribution in [0.2, 0.25) is 0 Å². The second kappa shape index (κ2) is 5.60. The molecule has 106 valence electrons. The van der Waals surface area contributed by atoms with Crippen molar-refractivity contribution in [2.75, 3.05) is 17.6 Å². The predicted molar refractivity (Wildman–Crippen MR) is 73.2 cm³/mol. The van der Waals surface area contributed by atoms with Gasteiger partial charge in [0.2, 0.25) is 0 Å². The first-order chi connectivity index (χ1) is 9.50. The number of nitrogens with two attached hydrogens (primary N) is 1. The summed E-state index contributed by atoms with van der Waals surface area (Å²) >= 11 is 0. The van der Waals surface area contributed by atoms with Crippen molar-refractivity contribution in [3.8, 4) is 0 Å². The van der Waals surface area contributed by atoms with E-state index in [1.165, 1.54) is 6.07 Å². The van der Waals surface area contributed by atoms with Crippen LogP contribution in [-0.4, -0.2) is 27.4 Å². The summed E-state index contributed by atoms with van der Waals surface area (Å²) < 4.78 is 15.0. The molecule has 0 aliphatic rings. The summed E-state index contributed by atoms with van der Waals surface area (Å²) in [7, 11) is 1.83. The number of carboxylic acid groups (broad SMARTS) is 1. The number of nitrogens with zero attached hydrogens (tertiary/aromatic N) is 2. The highest BCUT2D eigenvalue weighted by atomic mass is 19.1. The van der Waals surface area contributed by atoms with Gasteiger partial charge in [-0.3, -0.25) is 4.68 Å². The standard InChI is InChI=1S/C13H15FN4O2/c1-18-8(5-7-17-18)4-6-16-10-3-2-9(14)12(15)11(10)13(19)20/h2-3,5,7,16H,4,6,15H2,1H3,(H,19,20). The van der Waals surface area contributed by atoms with E-state index in [0.717, 1.165) is 11.8 Å². The van der Waals surface area contributed by atoms with E-state index >= 15 is 0 Å². The van der Waals surface area contributed by atoms with E-state index in [2.05, 4.69) is 10.4 Å². The Hall–Kier alpha value is -2.57. The van der Waals surface area contributed by atoms with Gasteiger partial charge in [-0.2, -0.15) is 5.10 Å². The molecule has 0 unspecified atom stereocenters. The molecule has 1 aromatic heterocycles. The first-order valence-corrected chi connectivity index (χ1v) is 6.02. The Morgan fingerprint density at radius 2 is 2.25 bits per heavy atom. The normalized spacial score (nSPS) is 10.5. The maximum atomic E-state index is 13.3. The van der Waals surface area contributed by atoms with Crippen molar-refractivity contribution >= 4 is 17.3 Å². The van der Waals surface area contributed by atoms with Crippen molar-refractivity contribution in [1.82, 2.24) is 9.78 Å². The molecule has 1 heterocycles. The average Bonchev–Trinajstić information content (AvgIpc) is 2.79. The number of hydrogen-bond donors (Lipinski definition) is 3. The monoisotopic (exact) mass is 278 g/mol. The van der Waals surface area contributed by atoms with E-state index in [0.29, 0.717) is 18.7 Å². The number of hydrogen-bond acceptors (Lipinski definition) is 4. The van der Waals surface area contributed by atoms with Crippen LogP contribution in [0.4, 0.5) is 15.8 Å². The fourth-order valence-corrected chi connectivity index (χ4v) is 1.94. The molecule has 1 aromatic carbocycles. The molecule has 0 amide bonds. The third-order valence-corrected chi connectivity index (χ3v) is 3.03. The SMILES string of the molecule is Cn1nccc1CCNc1ccc(F)c(N)c1C(=O)O. The number of aromatic nitrogens is 2. The van der Waals surface area contributed by atoms with E-state index in [-0.39, 0.29) is 11.3 Å². The summed E-state index contributed by atoms with van der Waals surface area (Å²) in [6.45, 7) is 0.491. The summed E-state index contributed by atoms with van der Waals surface area (Å²) in [6.07, 6.45) is 2.35. The van der Waals surface area contributed by atoms with Crippen molar-refractivity contribution < 1.29 is 14.3 Å². The highest BCUT2D eigenvalue weighted by molar-refractivity contribution is 6.00. The van der Waals surface area contributed by atoms with Gasteiger partial charge in [0, 0.05) is 31.9 Å². The number of anilines is 2. The Labute approximate surface area is 115 Å². The molecule has 20 heavy (non-hydrogen) atoms. The number of carbonyl (C=O) groups is 1. The van der Waals surface area contributed by atoms with Crippen molar-refractivity contribution in [1.29, 1.82) is 0 Å². The van der Waals surface area contributed by atoms with Gasteiger partial charge in [0.15, 0.2) is 0 Å². The summed E-state index contributed by atoms with van der Waals surface area (Å²) in [6, 6.07) is 4.39. The number of aryl methyl sites for hydroxylation is 1. The maximum absolute atomic E-state index is 13.3. The molecule has 2 rings (SSSR count). The minimum absolute atomic E-state index is 0.241. The van der Waals surface area contributed by atoms with Gasteiger partial charge < -0.3 is 16.2 Å². The number of rotatable bonds is 5. The highest BCUT2D eigenvalue weighted by Crippen LogP contribution is 2.25. The lowest BCUT2D eigenvalue weighted by molar-refractivity contribution is 0.0698. The number of nitrogens with one attached hydrogen (secondary N) is 1. The molecule has 0 saturated heterocycles. The van der Waals surface area contributed by atoms with Crippen LogP contribution in [0, 0.1) is 5.82 Å². The first kappa shape index (κ1) is 13.9. The molecule has 4 N–H and O–H groups in total. The van der Waals surface area contributed by atoms with E-state index in [1.54, 1.807) is 10.9 Å². The Morgan fingerprint density at radius 1 is 1.50 bits per heavy atom. The molecule has 0 aliphatic carbocycles. The number of aromatic carboxylic acids is 1. The molecule has 0 aliphatic heterocycles. The van der Waals surface area contributed by atoms with Crippen LogP contribution in [-0.2, 0) is 13.5 Å². The molecule has 7 heteroatoms. The van der Waals surface area contributed by atoms with Crippen molar-refractivity contribution in [2.24, 2.45) is 7.05 Å². The first-order valence-electron chi connectivity index (χ1n) is 6.02. The lowest BCUT2D eigenvalue weighted by Crippen LogP contribution is -2.13. The minimum atomic E-state index is -1.26. The molecule has 0 bridgehead atoms.